The van der Waals surface area contributed by atoms with E-state index in [2.05, 4.69) is 5.32 Å². The molecule has 0 aliphatic heterocycles. The second-order valence-corrected chi connectivity index (χ2v) is 5.83. The van der Waals surface area contributed by atoms with Crippen molar-refractivity contribution in [1.82, 2.24) is 0 Å². The normalized spacial score (nSPS) is 11.5. The van der Waals surface area contributed by atoms with Crippen LogP contribution in [0.4, 0.5) is 5.69 Å². The zero-order valence-electron chi connectivity index (χ0n) is 13.7. The Morgan fingerprint density at radius 1 is 1.16 bits per heavy atom. The minimum absolute atomic E-state index is 0.0886. The maximum Gasteiger partial charge on any atom is 0.265 e. The highest BCUT2D eigenvalue weighted by atomic mass is 35.5. The van der Waals surface area contributed by atoms with Crippen LogP contribution in [0, 0.1) is 0 Å². The Kier molecular flexibility index (Phi) is 5.77. The predicted octanol–water partition coefficient (Wildman–Crippen LogP) is 3.05. The van der Waals surface area contributed by atoms with Crippen LogP contribution < -0.4 is 15.8 Å². The van der Waals surface area contributed by atoms with E-state index in [9.17, 15) is 14.4 Å². The molecule has 1 atom stereocenters. The van der Waals surface area contributed by atoms with Crippen molar-refractivity contribution in [3.8, 4) is 5.75 Å². The largest absolute Gasteiger partial charge is 0.480 e. The molecular weight excluding hydrogens is 344 g/mol. The molecule has 130 valence electrons. The Labute approximate surface area is 149 Å². The van der Waals surface area contributed by atoms with E-state index in [1.165, 1.54) is 32.0 Å². The van der Waals surface area contributed by atoms with Crippen LogP contribution in [-0.2, 0) is 4.79 Å². The fourth-order valence-electron chi connectivity index (χ4n) is 2.10. The van der Waals surface area contributed by atoms with Gasteiger partial charge in [0.15, 0.2) is 11.9 Å². The van der Waals surface area contributed by atoms with Gasteiger partial charge in [-0.2, -0.15) is 0 Å². The zero-order valence-corrected chi connectivity index (χ0v) is 14.5. The Balaban J connectivity index is 2.12. The number of halogens is 1. The van der Waals surface area contributed by atoms with Gasteiger partial charge in [-0.25, -0.2) is 0 Å². The molecule has 0 aliphatic carbocycles. The monoisotopic (exact) mass is 360 g/mol. The molecule has 3 N–H and O–H groups in total. The molecule has 0 bridgehead atoms. The van der Waals surface area contributed by atoms with Gasteiger partial charge >= 0.3 is 0 Å². The lowest BCUT2D eigenvalue weighted by atomic mass is 10.1. The minimum Gasteiger partial charge on any atom is -0.480 e. The van der Waals surface area contributed by atoms with Crippen molar-refractivity contribution in [1.29, 1.82) is 0 Å². The van der Waals surface area contributed by atoms with Gasteiger partial charge < -0.3 is 15.8 Å². The summed E-state index contributed by atoms with van der Waals surface area (Å²) in [6.45, 7) is 2.97. The van der Waals surface area contributed by atoms with Crippen molar-refractivity contribution in [2.45, 2.75) is 20.0 Å². The summed E-state index contributed by atoms with van der Waals surface area (Å²) in [5, 5.41) is 2.99. The standard InChI is InChI=1S/C18H17ClN2O4/c1-10(22)12-4-3-5-14(8-12)21-18(24)11(2)25-16-7-6-13(19)9-15(16)17(20)23/h3-9,11H,1-2H3,(H2,20,23)(H,21,24). The second kappa shape index (κ2) is 7.81. The van der Waals surface area contributed by atoms with Crippen LogP contribution in [0.25, 0.3) is 0 Å². The average molecular weight is 361 g/mol. The Bertz CT molecular complexity index is 836. The number of rotatable bonds is 6. The molecule has 1 unspecified atom stereocenters. The first kappa shape index (κ1) is 18.5. The molecule has 25 heavy (non-hydrogen) atoms. The van der Waals surface area contributed by atoms with E-state index >= 15 is 0 Å². The summed E-state index contributed by atoms with van der Waals surface area (Å²) >= 11 is 5.84. The summed E-state index contributed by atoms with van der Waals surface area (Å²) in [5.74, 6) is -1.09. The van der Waals surface area contributed by atoms with Crippen LogP contribution in [0.3, 0.4) is 0 Å². The number of nitrogens with two attached hydrogens (primary N) is 1. The summed E-state index contributed by atoms with van der Waals surface area (Å²) in [4.78, 5) is 35.1. The topological polar surface area (TPSA) is 98.5 Å². The van der Waals surface area contributed by atoms with Crippen molar-refractivity contribution in [3.63, 3.8) is 0 Å². The highest BCUT2D eigenvalue weighted by molar-refractivity contribution is 6.31. The Morgan fingerprint density at radius 3 is 2.52 bits per heavy atom. The number of anilines is 1. The lowest BCUT2D eigenvalue weighted by molar-refractivity contribution is -0.122. The van der Waals surface area contributed by atoms with Gasteiger partial charge in [-0.05, 0) is 44.2 Å². The molecular formula is C18H17ClN2O4. The van der Waals surface area contributed by atoms with Crippen molar-refractivity contribution in [3.05, 3.63) is 58.6 Å². The molecule has 0 saturated heterocycles. The number of hydrogen-bond donors (Lipinski definition) is 2. The number of primary amides is 1. The van der Waals surface area contributed by atoms with Crippen molar-refractivity contribution < 1.29 is 19.1 Å². The molecule has 0 aliphatic rings. The first-order valence-corrected chi connectivity index (χ1v) is 7.83. The van der Waals surface area contributed by atoms with Crippen LogP contribution in [0.1, 0.15) is 34.6 Å². The number of ether oxygens (including phenoxy) is 1. The molecule has 2 amide bonds. The Morgan fingerprint density at radius 2 is 1.88 bits per heavy atom. The lowest BCUT2D eigenvalue weighted by Gasteiger charge is -2.16. The number of amides is 2. The van der Waals surface area contributed by atoms with Gasteiger partial charge in [-0.1, -0.05) is 23.7 Å². The van der Waals surface area contributed by atoms with Crippen LogP contribution >= 0.6 is 11.6 Å². The highest BCUT2D eigenvalue weighted by Crippen LogP contribution is 2.24. The first-order chi connectivity index (χ1) is 11.8. The molecule has 0 spiro atoms. The number of nitrogens with one attached hydrogen (secondary N) is 1. The number of carbonyl (C=O) groups excluding carboxylic acids is 3. The summed E-state index contributed by atoms with van der Waals surface area (Å²) in [6, 6.07) is 10.9. The number of benzene rings is 2. The van der Waals surface area contributed by atoms with Crippen LogP contribution in [-0.4, -0.2) is 23.7 Å². The second-order valence-electron chi connectivity index (χ2n) is 5.39. The quantitative estimate of drug-likeness (QED) is 0.773. The van der Waals surface area contributed by atoms with Gasteiger partial charge in [0.25, 0.3) is 11.8 Å². The molecule has 6 nitrogen and oxygen atoms in total. The van der Waals surface area contributed by atoms with E-state index in [0.29, 0.717) is 16.3 Å². The van der Waals surface area contributed by atoms with Gasteiger partial charge in [0.05, 0.1) is 5.56 Å². The molecule has 2 rings (SSSR count). The highest BCUT2D eigenvalue weighted by Gasteiger charge is 2.19. The molecule has 7 heteroatoms. The predicted molar refractivity (Wildman–Crippen MR) is 95.1 cm³/mol. The third kappa shape index (κ3) is 4.81. The van der Waals surface area contributed by atoms with Gasteiger partial charge in [-0.3, -0.25) is 14.4 Å². The molecule has 0 heterocycles. The lowest BCUT2D eigenvalue weighted by Crippen LogP contribution is -2.31. The van der Waals surface area contributed by atoms with E-state index < -0.39 is 17.9 Å². The van der Waals surface area contributed by atoms with Crippen LogP contribution in [0.2, 0.25) is 5.02 Å². The summed E-state index contributed by atoms with van der Waals surface area (Å²) in [7, 11) is 0. The molecule has 2 aromatic carbocycles. The molecule has 0 aromatic heterocycles. The zero-order chi connectivity index (χ0) is 18.6. The molecule has 2 aromatic rings. The first-order valence-electron chi connectivity index (χ1n) is 7.46. The van der Waals surface area contributed by atoms with Gasteiger partial charge in [0, 0.05) is 16.3 Å². The molecule has 0 fully saturated rings. The number of ketones is 1. The summed E-state index contributed by atoms with van der Waals surface area (Å²) in [6.07, 6.45) is -0.903. The van der Waals surface area contributed by atoms with E-state index in [1.807, 2.05) is 0 Å². The number of hydrogen-bond acceptors (Lipinski definition) is 4. The van der Waals surface area contributed by atoms with Gasteiger partial charge in [-0.15, -0.1) is 0 Å². The smallest absolute Gasteiger partial charge is 0.265 e. The molecule has 0 radical (unpaired) electrons. The van der Waals surface area contributed by atoms with E-state index in [-0.39, 0.29) is 17.1 Å². The van der Waals surface area contributed by atoms with Gasteiger partial charge in [0.1, 0.15) is 5.75 Å². The van der Waals surface area contributed by atoms with Crippen molar-refractivity contribution >= 4 is 34.9 Å². The summed E-state index contributed by atoms with van der Waals surface area (Å²) in [5.41, 5.74) is 6.34. The van der Waals surface area contributed by atoms with Crippen LogP contribution in [0.5, 0.6) is 5.75 Å². The fraction of sp³-hybridized carbons (Fsp3) is 0.167. The van der Waals surface area contributed by atoms with E-state index in [0.717, 1.165) is 0 Å². The van der Waals surface area contributed by atoms with E-state index in [4.69, 9.17) is 22.1 Å². The SMILES string of the molecule is CC(=O)c1cccc(NC(=O)C(C)Oc2ccc(Cl)cc2C(N)=O)c1. The van der Waals surface area contributed by atoms with Crippen molar-refractivity contribution in [2.24, 2.45) is 5.73 Å². The molecule has 0 saturated carbocycles. The maximum absolute atomic E-state index is 12.3. The van der Waals surface area contributed by atoms with E-state index in [1.54, 1.807) is 24.3 Å². The maximum atomic E-state index is 12.3. The number of carbonyl (C=O) groups is 3. The minimum atomic E-state index is -0.903. The van der Waals surface area contributed by atoms with Crippen LogP contribution in [0.15, 0.2) is 42.5 Å². The number of Topliss-reactive ketones (excluding diaryl/α,β-unsaturated/α-hetero) is 1. The third-order valence-corrected chi connectivity index (χ3v) is 3.65. The van der Waals surface area contributed by atoms with Gasteiger partial charge in [0.2, 0.25) is 0 Å². The Hall–Kier alpha value is -2.86. The van der Waals surface area contributed by atoms with Crippen molar-refractivity contribution in [2.75, 3.05) is 5.32 Å². The summed E-state index contributed by atoms with van der Waals surface area (Å²) < 4.78 is 5.54. The third-order valence-electron chi connectivity index (χ3n) is 3.42. The fourth-order valence-corrected chi connectivity index (χ4v) is 2.27. The average Bonchev–Trinajstić information content (AvgIpc) is 2.56.